The van der Waals surface area contributed by atoms with Crippen molar-refractivity contribution >= 4 is 23.2 Å². The molecule has 0 aliphatic rings. The molecule has 208 valence electrons. The molecule has 0 bridgehead atoms. The van der Waals surface area contributed by atoms with Gasteiger partial charge in [0, 0.05) is 5.56 Å². The normalized spacial score (nSPS) is 13.9. The van der Waals surface area contributed by atoms with Gasteiger partial charge in [-0.05, 0) is 47.5 Å². The molecule has 0 spiro atoms. The molecule has 0 amide bonds. The number of alkyl halides is 6. The second-order valence-corrected chi connectivity index (χ2v) is 13.2. The first-order valence-electron chi connectivity index (χ1n) is 13.0. The van der Waals surface area contributed by atoms with Crippen LogP contribution in [0.25, 0.3) is 0 Å². The van der Waals surface area contributed by atoms with E-state index in [2.05, 4.69) is 0 Å². The van der Waals surface area contributed by atoms with Gasteiger partial charge in [0.15, 0.2) is 0 Å². The average Bonchev–Trinajstić information content (AvgIpc) is 2.97. The zero-order valence-corrected chi connectivity index (χ0v) is 22.6. The summed E-state index contributed by atoms with van der Waals surface area (Å²) in [6, 6.07) is 37.6. The first-order chi connectivity index (χ1) is 19.6. The van der Waals surface area contributed by atoms with E-state index in [-0.39, 0.29) is 22.0 Å². The second-order valence-electron chi connectivity index (χ2n) is 9.73. The molecule has 2 unspecified atom stereocenters. The van der Waals surface area contributed by atoms with E-state index in [9.17, 15) is 13.2 Å². The molecule has 0 radical (unpaired) electrons. The molecule has 2 atom stereocenters. The van der Waals surface area contributed by atoms with Gasteiger partial charge in [-0.25, -0.2) is 0 Å². The standard InChI is InChI=1S/C34H26F6P/c35-33(36,37)31(25-14-5-1-6-15-25)27-18-13-23-30(24-27)41(28-19-9-3-10-20-28,29-21-11-4-12-22-29)32(34(38,39)40)26-16-7-2-8-17-26/h1-24,31-32H/q+1. The van der Waals surface area contributed by atoms with Gasteiger partial charge in [-0.1, -0.05) is 109 Å². The Bertz CT molecular complexity index is 1510. The minimum Gasteiger partial charge on any atom is -0.170 e. The first-order valence-corrected chi connectivity index (χ1v) is 14.8. The quantitative estimate of drug-likeness (QED) is 0.133. The summed E-state index contributed by atoms with van der Waals surface area (Å²) in [5.74, 6) is -2.00. The smallest absolute Gasteiger partial charge is 0.170 e. The third-order valence-corrected chi connectivity index (χ3v) is 11.9. The maximum atomic E-state index is 15.5. The van der Waals surface area contributed by atoms with Crippen LogP contribution >= 0.6 is 7.26 Å². The monoisotopic (exact) mass is 579 g/mol. The van der Waals surface area contributed by atoms with Crippen LogP contribution in [0.15, 0.2) is 146 Å². The zero-order valence-electron chi connectivity index (χ0n) is 21.7. The Balaban J connectivity index is 1.89. The largest absolute Gasteiger partial charge is 0.430 e. The molecule has 0 N–H and O–H groups in total. The van der Waals surface area contributed by atoms with E-state index in [1.54, 1.807) is 91.0 Å². The molecule has 0 heterocycles. The molecule has 5 aromatic carbocycles. The van der Waals surface area contributed by atoms with Gasteiger partial charge >= 0.3 is 12.4 Å². The summed E-state index contributed by atoms with van der Waals surface area (Å²) in [4.78, 5) is 0. The van der Waals surface area contributed by atoms with E-state index < -0.39 is 31.2 Å². The van der Waals surface area contributed by atoms with Crippen LogP contribution < -0.4 is 15.9 Å². The summed E-state index contributed by atoms with van der Waals surface area (Å²) in [5, 5.41) is 1.08. The Morgan fingerprint density at radius 1 is 0.390 bits per heavy atom. The molecule has 0 aliphatic carbocycles. The number of rotatable bonds is 7. The Labute approximate surface area is 235 Å². The van der Waals surface area contributed by atoms with Gasteiger partial charge in [-0.3, -0.25) is 0 Å². The number of halogens is 6. The predicted molar refractivity (Wildman–Crippen MR) is 155 cm³/mol. The van der Waals surface area contributed by atoms with Gasteiger partial charge in [-0.15, -0.1) is 0 Å². The average molecular weight is 580 g/mol. The molecule has 0 saturated heterocycles. The lowest BCUT2D eigenvalue weighted by Crippen LogP contribution is -2.41. The van der Waals surface area contributed by atoms with E-state index in [0.29, 0.717) is 10.6 Å². The maximum absolute atomic E-state index is 15.5. The molecule has 7 heteroatoms. The molecule has 0 fully saturated rings. The second kappa shape index (κ2) is 11.5. The van der Waals surface area contributed by atoms with Crippen LogP contribution in [-0.4, -0.2) is 12.4 Å². The van der Waals surface area contributed by atoms with Crippen molar-refractivity contribution in [3.8, 4) is 0 Å². The third kappa shape index (κ3) is 5.67. The highest BCUT2D eigenvalue weighted by Gasteiger charge is 2.64. The lowest BCUT2D eigenvalue weighted by Gasteiger charge is -2.36. The van der Waals surface area contributed by atoms with Crippen LogP contribution in [0.4, 0.5) is 26.3 Å². The van der Waals surface area contributed by atoms with Crippen molar-refractivity contribution in [3.05, 3.63) is 162 Å². The molecule has 0 aliphatic heterocycles. The van der Waals surface area contributed by atoms with Crippen LogP contribution in [0.2, 0.25) is 0 Å². The topological polar surface area (TPSA) is 0 Å². The van der Waals surface area contributed by atoms with Crippen LogP contribution in [0.5, 0.6) is 0 Å². The van der Waals surface area contributed by atoms with Crippen molar-refractivity contribution in [1.82, 2.24) is 0 Å². The highest BCUT2D eigenvalue weighted by Crippen LogP contribution is 2.71. The highest BCUT2D eigenvalue weighted by molar-refractivity contribution is 7.96. The summed E-state index contributed by atoms with van der Waals surface area (Å²) >= 11 is 0. The third-order valence-electron chi connectivity index (χ3n) is 7.21. The van der Waals surface area contributed by atoms with Gasteiger partial charge in [0.2, 0.25) is 5.66 Å². The van der Waals surface area contributed by atoms with E-state index in [1.165, 1.54) is 54.6 Å². The Morgan fingerprint density at radius 2 is 0.780 bits per heavy atom. The van der Waals surface area contributed by atoms with Crippen molar-refractivity contribution in [2.45, 2.75) is 23.9 Å². The molecule has 5 rings (SSSR count). The maximum Gasteiger partial charge on any atom is 0.430 e. The van der Waals surface area contributed by atoms with Crippen LogP contribution in [-0.2, 0) is 0 Å². The highest BCUT2D eigenvalue weighted by atomic mass is 31.2. The van der Waals surface area contributed by atoms with Crippen molar-refractivity contribution in [3.63, 3.8) is 0 Å². The number of benzene rings is 5. The molecule has 5 aromatic rings. The van der Waals surface area contributed by atoms with Gasteiger partial charge < -0.3 is 0 Å². The minimum atomic E-state index is -4.72. The van der Waals surface area contributed by atoms with Crippen molar-refractivity contribution in [2.75, 3.05) is 0 Å². The van der Waals surface area contributed by atoms with E-state index in [0.717, 1.165) is 0 Å². The lowest BCUT2D eigenvalue weighted by molar-refractivity contribution is -0.141. The summed E-state index contributed by atoms with van der Waals surface area (Å²) < 4.78 is 90.4. The van der Waals surface area contributed by atoms with Crippen LogP contribution in [0.1, 0.15) is 28.3 Å². The van der Waals surface area contributed by atoms with E-state index in [4.69, 9.17) is 0 Å². The van der Waals surface area contributed by atoms with Gasteiger partial charge in [0.25, 0.3) is 0 Å². The fourth-order valence-electron chi connectivity index (χ4n) is 5.63. The fraction of sp³-hybridized carbons (Fsp3) is 0.118. The summed E-state index contributed by atoms with van der Waals surface area (Å²) in [5.41, 5.74) is -2.03. The van der Waals surface area contributed by atoms with Crippen LogP contribution in [0.3, 0.4) is 0 Å². The predicted octanol–water partition coefficient (Wildman–Crippen LogP) is 8.98. The van der Waals surface area contributed by atoms with Crippen molar-refractivity contribution in [2.24, 2.45) is 0 Å². The van der Waals surface area contributed by atoms with E-state index >= 15 is 13.2 Å². The molecule has 0 saturated carbocycles. The first kappa shape index (κ1) is 28.6. The summed E-state index contributed by atoms with van der Waals surface area (Å²) in [6.45, 7) is 0. The molecule has 0 aromatic heterocycles. The van der Waals surface area contributed by atoms with Gasteiger partial charge in [0.05, 0.1) is 0 Å². The number of hydrogen-bond donors (Lipinski definition) is 0. The Kier molecular flexibility index (Phi) is 8.06. The van der Waals surface area contributed by atoms with Crippen LogP contribution in [0, 0.1) is 0 Å². The number of hydrogen-bond acceptors (Lipinski definition) is 0. The Hall–Kier alpha value is -3.89. The molecule has 0 nitrogen and oxygen atoms in total. The van der Waals surface area contributed by atoms with Gasteiger partial charge in [-0.2, -0.15) is 26.3 Å². The van der Waals surface area contributed by atoms with Gasteiger partial charge in [0.1, 0.15) is 29.1 Å². The van der Waals surface area contributed by atoms with Crippen molar-refractivity contribution in [1.29, 1.82) is 0 Å². The molecule has 41 heavy (non-hydrogen) atoms. The molecular weight excluding hydrogens is 553 g/mol. The summed E-state index contributed by atoms with van der Waals surface area (Å²) in [7, 11) is -3.71. The molecular formula is C34H26F6P+. The van der Waals surface area contributed by atoms with Crippen molar-refractivity contribution < 1.29 is 26.3 Å². The minimum absolute atomic E-state index is 0.0240. The zero-order chi connectivity index (χ0) is 29.1. The summed E-state index contributed by atoms with van der Waals surface area (Å²) in [6.07, 6.45) is -9.39. The fourth-order valence-corrected chi connectivity index (χ4v) is 10.4. The SMILES string of the molecule is FC(F)(F)C(c1ccccc1)c1cccc([P+](c2ccccc2)(c2ccccc2)C(c2ccccc2)C(F)(F)F)c1. The van der Waals surface area contributed by atoms with E-state index in [1.807, 2.05) is 0 Å². The Morgan fingerprint density at radius 3 is 1.22 bits per heavy atom. The lowest BCUT2D eigenvalue weighted by atomic mass is 9.91.